The number of aromatic amines is 1. The Morgan fingerprint density at radius 2 is 1.32 bits per heavy atom. The van der Waals surface area contributed by atoms with Crippen LogP contribution in [-0.2, 0) is 27.4 Å². The number of carboxylic acid groups (broad SMARTS) is 3. The predicted molar refractivity (Wildman–Crippen MR) is 177 cm³/mol. The van der Waals surface area contributed by atoms with Crippen LogP contribution in [0.2, 0.25) is 0 Å². The second kappa shape index (κ2) is 20.1. The second-order valence-corrected chi connectivity index (χ2v) is 10.6. The van der Waals surface area contributed by atoms with Crippen molar-refractivity contribution in [3.8, 4) is 22.6 Å². The molecule has 5 rings (SSSR count). The Morgan fingerprint density at radius 1 is 0.768 bits per heavy atom. The normalized spacial score (nSPS) is 11.1. The van der Waals surface area contributed by atoms with Crippen molar-refractivity contribution in [3.63, 3.8) is 0 Å². The zero-order valence-corrected chi connectivity index (χ0v) is 28.6. The molecule has 0 saturated carbocycles. The lowest BCUT2D eigenvalue weighted by molar-refractivity contribution is -0.193. The number of carbonyl (C=O) groups is 3. The van der Waals surface area contributed by atoms with E-state index in [1.165, 1.54) is 5.56 Å². The largest absolute Gasteiger partial charge is 0.497 e. The topological polar surface area (TPSA) is 201 Å². The fourth-order valence-electron chi connectivity index (χ4n) is 3.89. The van der Waals surface area contributed by atoms with Crippen LogP contribution in [-0.4, -0.2) is 97.6 Å². The summed E-state index contributed by atoms with van der Waals surface area (Å²) >= 11 is 0. The van der Waals surface area contributed by atoms with Gasteiger partial charge in [0.25, 0.3) is 0 Å². The maximum atomic E-state index is 10.6. The van der Waals surface area contributed by atoms with Crippen LogP contribution >= 0.6 is 0 Å². The molecule has 0 aliphatic carbocycles. The first-order valence-electron chi connectivity index (χ1n) is 15.1. The van der Waals surface area contributed by atoms with Crippen molar-refractivity contribution in [2.24, 2.45) is 0 Å². The molecule has 0 aliphatic rings. The Hall–Kier alpha value is -6.68. The van der Waals surface area contributed by atoms with Gasteiger partial charge in [0.1, 0.15) is 23.9 Å². The zero-order chi connectivity index (χ0) is 42.3. The number of anilines is 1. The van der Waals surface area contributed by atoms with Crippen molar-refractivity contribution >= 4 is 34.6 Å². The van der Waals surface area contributed by atoms with Gasteiger partial charge < -0.3 is 29.7 Å². The van der Waals surface area contributed by atoms with Gasteiger partial charge in [0.05, 0.1) is 18.8 Å². The van der Waals surface area contributed by atoms with Gasteiger partial charge in [-0.05, 0) is 53.9 Å². The Kier molecular flexibility index (Phi) is 16.3. The highest BCUT2D eigenvalue weighted by atomic mass is 19.4. The SMILES string of the molecule is COc1cccc(OCc2nc(N(C)CCc3ccncc3)c3cc(-c4cn[nH]c4)ccc3n2)c1.O=C(O)C(F)(F)F.O=C(O)C(F)(F)F.O=C(O)C(F)(F)F. The third-order valence-corrected chi connectivity index (χ3v) is 6.54. The highest BCUT2D eigenvalue weighted by Crippen LogP contribution is 2.29. The number of carboxylic acids is 3. The Labute approximate surface area is 309 Å². The molecule has 0 spiro atoms. The van der Waals surface area contributed by atoms with Crippen LogP contribution in [0.3, 0.4) is 0 Å². The van der Waals surface area contributed by atoms with Crippen LogP contribution in [0.15, 0.2) is 79.4 Å². The first-order valence-corrected chi connectivity index (χ1v) is 15.1. The molecule has 302 valence electrons. The number of pyridine rings is 1. The lowest BCUT2D eigenvalue weighted by Gasteiger charge is -2.21. The van der Waals surface area contributed by atoms with Gasteiger partial charge in [0.2, 0.25) is 0 Å². The van der Waals surface area contributed by atoms with Crippen LogP contribution < -0.4 is 14.4 Å². The summed E-state index contributed by atoms with van der Waals surface area (Å²) in [4.78, 5) is 42.7. The average molecular weight is 809 g/mol. The maximum Gasteiger partial charge on any atom is 0.490 e. The van der Waals surface area contributed by atoms with E-state index in [1.807, 2.05) is 73.3 Å². The lowest BCUT2D eigenvalue weighted by atomic mass is 10.1. The number of rotatable bonds is 9. The summed E-state index contributed by atoms with van der Waals surface area (Å²) in [7, 11) is 3.69. The van der Waals surface area contributed by atoms with Crippen LogP contribution in [0.25, 0.3) is 22.0 Å². The van der Waals surface area contributed by atoms with Crippen molar-refractivity contribution < 1.29 is 78.7 Å². The number of likely N-dealkylation sites (N-methyl/N-ethyl adjacent to an activating group) is 1. The van der Waals surface area contributed by atoms with E-state index in [9.17, 15) is 39.5 Å². The number of aromatic nitrogens is 5. The molecule has 3 aromatic heterocycles. The molecule has 3 heterocycles. The molecule has 56 heavy (non-hydrogen) atoms. The molecule has 0 unspecified atom stereocenters. The molecule has 0 radical (unpaired) electrons. The van der Waals surface area contributed by atoms with Gasteiger partial charge in [-0.25, -0.2) is 24.4 Å². The van der Waals surface area contributed by atoms with Crippen molar-refractivity contribution in [1.82, 2.24) is 25.1 Å². The molecule has 2 aromatic carbocycles. The highest BCUT2D eigenvalue weighted by molar-refractivity contribution is 5.93. The van der Waals surface area contributed by atoms with E-state index in [0.717, 1.165) is 46.6 Å². The van der Waals surface area contributed by atoms with Crippen LogP contribution in [0.4, 0.5) is 45.3 Å². The van der Waals surface area contributed by atoms with Gasteiger partial charge in [0, 0.05) is 49.2 Å². The molecule has 14 nitrogen and oxygen atoms in total. The van der Waals surface area contributed by atoms with Gasteiger partial charge in [-0.2, -0.15) is 44.6 Å². The number of alkyl halides is 9. The summed E-state index contributed by atoms with van der Waals surface area (Å²) in [5.74, 6) is -5.35. The molecular weight excluding hydrogens is 779 g/mol. The van der Waals surface area contributed by atoms with Gasteiger partial charge in [-0.15, -0.1) is 0 Å². The number of aliphatic carboxylic acids is 3. The minimum Gasteiger partial charge on any atom is -0.497 e. The predicted octanol–water partition coefficient (Wildman–Crippen LogP) is 6.58. The van der Waals surface area contributed by atoms with E-state index in [-0.39, 0.29) is 6.61 Å². The zero-order valence-electron chi connectivity index (χ0n) is 28.6. The number of hydrogen-bond acceptors (Lipinski definition) is 10. The van der Waals surface area contributed by atoms with Crippen molar-refractivity contribution in [1.29, 1.82) is 0 Å². The number of H-pyrrole nitrogens is 1. The van der Waals surface area contributed by atoms with Gasteiger partial charge in [-0.3, -0.25) is 10.1 Å². The van der Waals surface area contributed by atoms with Gasteiger partial charge >= 0.3 is 36.4 Å². The fraction of sp³-hybridized carbons (Fsp3) is 0.242. The van der Waals surface area contributed by atoms with Gasteiger partial charge in [-0.1, -0.05) is 12.1 Å². The summed E-state index contributed by atoms with van der Waals surface area (Å²) in [5, 5.41) is 29.3. The number of ether oxygens (including phenoxy) is 2. The molecule has 0 aliphatic heterocycles. The molecule has 0 fully saturated rings. The number of nitrogens with one attached hydrogen (secondary N) is 1. The van der Waals surface area contributed by atoms with Crippen LogP contribution in [0.5, 0.6) is 11.5 Å². The fourth-order valence-corrected chi connectivity index (χ4v) is 3.89. The van der Waals surface area contributed by atoms with E-state index < -0.39 is 36.4 Å². The third-order valence-electron chi connectivity index (χ3n) is 6.54. The van der Waals surface area contributed by atoms with Crippen molar-refractivity contribution in [3.05, 3.63) is 90.8 Å². The first kappa shape index (κ1) is 45.5. The number of fused-ring (bicyclic) bond motifs is 1. The van der Waals surface area contributed by atoms with Crippen molar-refractivity contribution in [2.75, 3.05) is 25.6 Å². The number of benzene rings is 2. The minimum absolute atomic E-state index is 0.248. The van der Waals surface area contributed by atoms with Crippen LogP contribution in [0, 0.1) is 0 Å². The highest BCUT2D eigenvalue weighted by Gasteiger charge is 2.39. The molecule has 0 amide bonds. The summed E-state index contributed by atoms with van der Waals surface area (Å²) in [6, 6.07) is 17.8. The smallest absolute Gasteiger partial charge is 0.490 e. The van der Waals surface area contributed by atoms with Gasteiger partial charge in [0.15, 0.2) is 5.82 Å². The second-order valence-electron chi connectivity index (χ2n) is 10.6. The summed E-state index contributed by atoms with van der Waals surface area (Å²) in [6.45, 7) is 1.04. The van der Waals surface area contributed by atoms with Crippen LogP contribution in [0.1, 0.15) is 11.4 Å². The maximum absolute atomic E-state index is 10.6. The Balaban J connectivity index is 0.000000423. The molecule has 5 aromatic rings. The standard InChI is InChI=1S/C27H26N6O2.3C2HF3O2/c1-33(13-10-19-8-11-28-12-9-19)27-24-14-20(21-16-29-30-17-21)6-7-25(24)31-26(32-27)18-35-23-5-3-4-22(15-23)34-2;3*3-2(4,5)1(6)7/h3-9,11-12,14-17H,10,13,18H2,1-2H3,(H,29,30);3*(H,6,7). The lowest BCUT2D eigenvalue weighted by Crippen LogP contribution is -2.22. The molecule has 23 heteroatoms. The number of hydrogen-bond donors (Lipinski definition) is 4. The Bertz CT molecular complexity index is 1970. The molecular formula is C33H29F9N6O8. The number of halogens is 9. The summed E-state index contributed by atoms with van der Waals surface area (Å²) < 4.78 is 106. The molecule has 4 N–H and O–H groups in total. The molecule has 0 bridgehead atoms. The minimum atomic E-state index is -5.08. The van der Waals surface area contributed by atoms with E-state index in [1.54, 1.807) is 7.11 Å². The summed E-state index contributed by atoms with van der Waals surface area (Å²) in [6.07, 6.45) is -7.04. The van der Waals surface area contributed by atoms with E-state index >= 15 is 0 Å². The average Bonchev–Trinajstić information content (AvgIpc) is 3.68. The van der Waals surface area contributed by atoms with E-state index in [2.05, 4.69) is 33.2 Å². The molecule has 0 saturated heterocycles. The number of methoxy groups -OCH3 is 1. The van der Waals surface area contributed by atoms with Crippen molar-refractivity contribution in [2.45, 2.75) is 31.6 Å². The number of nitrogens with zero attached hydrogens (tertiary/aromatic N) is 5. The summed E-state index contributed by atoms with van der Waals surface area (Å²) in [5.41, 5.74) is 4.16. The van der Waals surface area contributed by atoms with E-state index in [0.29, 0.717) is 11.6 Å². The third kappa shape index (κ3) is 15.4. The Morgan fingerprint density at radius 3 is 1.82 bits per heavy atom. The first-order chi connectivity index (χ1) is 26.0. The monoisotopic (exact) mass is 808 g/mol. The van der Waals surface area contributed by atoms with E-state index in [4.69, 9.17) is 49.1 Å². The molecule has 0 atom stereocenters. The quantitative estimate of drug-likeness (QED) is 0.117.